The van der Waals surface area contributed by atoms with Crippen LogP contribution in [0.5, 0.6) is 0 Å². The maximum absolute atomic E-state index is 11.1. The Morgan fingerprint density at radius 3 is 3.13 bits per heavy atom. The molecule has 0 saturated carbocycles. The van der Waals surface area contributed by atoms with Crippen molar-refractivity contribution in [2.75, 3.05) is 19.6 Å². The monoisotopic (exact) mass is 272 g/mol. The summed E-state index contributed by atoms with van der Waals surface area (Å²) in [7, 11) is 0. The van der Waals surface area contributed by atoms with Crippen LogP contribution in [0.1, 0.15) is 12.0 Å². The molecule has 0 aromatic carbocycles. The fourth-order valence-corrected chi connectivity index (χ4v) is 2.05. The lowest BCUT2D eigenvalue weighted by Crippen LogP contribution is -2.28. The summed E-state index contributed by atoms with van der Waals surface area (Å²) in [5, 5.41) is 2.85. The van der Waals surface area contributed by atoms with E-state index in [1.165, 1.54) is 0 Å². The molecule has 0 atom stereocenters. The lowest BCUT2D eigenvalue weighted by Gasteiger charge is -2.17. The van der Waals surface area contributed by atoms with E-state index in [2.05, 4.69) is 26.1 Å². The van der Waals surface area contributed by atoms with Crippen molar-refractivity contribution in [1.82, 2.24) is 10.2 Å². The molecule has 1 aliphatic rings. The standard InChI is InChI=1S/C10H13BrN2O2/c11-9-5-8(7-15-9)6-13-3-1-10(14)12-2-4-13/h5,7H,1-4,6H2,(H,12,14). The second kappa shape index (κ2) is 4.81. The third kappa shape index (κ3) is 3.07. The van der Waals surface area contributed by atoms with Gasteiger partial charge in [-0.15, -0.1) is 0 Å². The van der Waals surface area contributed by atoms with Crippen LogP contribution in [0.3, 0.4) is 0 Å². The van der Waals surface area contributed by atoms with Gasteiger partial charge in [0.1, 0.15) is 0 Å². The number of amides is 1. The Morgan fingerprint density at radius 2 is 2.40 bits per heavy atom. The maximum Gasteiger partial charge on any atom is 0.221 e. The average Bonchev–Trinajstić information content (AvgIpc) is 2.48. The van der Waals surface area contributed by atoms with E-state index in [-0.39, 0.29) is 5.91 Å². The van der Waals surface area contributed by atoms with Gasteiger partial charge in [-0.1, -0.05) is 0 Å². The van der Waals surface area contributed by atoms with Crippen molar-refractivity contribution in [3.63, 3.8) is 0 Å². The zero-order valence-corrected chi connectivity index (χ0v) is 9.92. The van der Waals surface area contributed by atoms with Crippen LogP contribution in [0.4, 0.5) is 0 Å². The van der Waals surface area contributed by atoms with Gasteiger partial charge >= 0.3 is 0 Å². The average molecular weight is 273 g/mol. The topological polar surface area (TPSA) is 45.5 Å². The highest BCUT2D eigenvalue weighted by molar-refractivity contribution is 9.10. The first-order valence-corrected chi connectivity index (χ1v) is 5.75. The molecule has 82 valence electrons. The molecule has 1 fully saturated rings. The van der Waals surface area contributed by atoms with Crippen molar-refractivity contribution in [1.29, 1.82) is 0 Å². The Morgan fingerprint density at radius 1 is 1.53 bits per heavy atom. The van der Waals surface area contributed by atoms with Crippen molar-refractivity contribution < 1.29 is 9.21 Å². The number of hydrogen-bond acceptors (Lipinski definition) is 3. The fourth-order valence-electron chi connectivity index (χ4n) is 1.66. The van der Waals surface area contributed by atoms with Gasteiger partial charge in [0.25, 0.3) is 0 Å². The van der Waals surface area contributed by atoms with Gasteiger partial charge < -0.3 is 9.73 Å². The summed E-state index contributed by atoms with van der Waals surface area (Å²) in [5.74, 6) is 0.144. The fraction of sp³-hybridized carbons (Fsp3) is 0.500. The molecule has 2 heterocycles. The second-order valence-corrected chi connectivity index (χ2v) is 4.42. The SMILES string of the molecule is O=C1CCN(Cc2coc(Br)c2)CCN1. The Kier molecular flexibility index (Phi) is 3.43. The minimum Gasteiger partial charge on any atom is -0.457 e. The quantitative estimate of drug-likeness (QED) is 0.885. The molecule has 5 heteroatoms. The number of nitrogens with one attached hydrogen (secondary N) is 1. The highest BCUT2D eigenvalue weighted by Crippen LogP contribution is 2.15. The number of halogens is 1. The summed E-state index contributed by atoms with van der Waals surface area (Å²) in [6.45, 7) is 3.28. The van der Waals surface area contributed by atoms with Gasteiger partial charge in [-0.05, 0) is 22.0 Å². The molecule has 4 nitrogen and oxygen atoms in total. The molecule has 1 aliphatic heterocycles. The first kappa shape index (κ1) is 10.7. The summed E-state index contributed by atoms with van der Waals surface area (Å²) >= 11 is 3.27. The highest BCUT2D eigenvalue weighted by Gasteiger charge is 2.14. The molecule has 0 unspecified atom stereocenters. The van der Waals surface area contributed by atoms with Gasteiger partial charge in [0, 0.05) is 38.2 Å². The van der Waals surface area contributed by atoms with Crippen LogP contribution in [-0.2, 0) is 11.3 Å². The van der Waals surface area contributed by atoms with Gasteiger partial charge in [-0.3, -0.25) is 9.69 Å². The molecule has 1 aromatic heterocycles. The maximum atomic E-state index is 11.1. The van der Waals surface area contributed by atoms with E-state index in [1.807, 2.05) is 6.07 Å². The third-order valence-electron chi connectivity index (χ3n) is 2.43. The van der Waals surface area contributed by atoms with Crippen LogP contribution in [0.25, 0.3) is 0 Å². The van der Waals surface area contributed by atoms with Gasteiger partial charge in [0.15, 0.2) is 4.67 Å². The van der Waals surface area contributed by atoms with E-state index >= 15 is 0 Å². The van der Waals surface area contributed by atoms with Crippen molar-refractivity contribution in [3.8, 4) is 0 Å². The first-order valence-electron chi connectivity index (χ1n) is 4.96. The van der Waals surface area contributed by atoms with E-state index in [0.29, 0.717) is 6.42 Å². The number of rotatable bonds is 2. The van der Waals surface area contributed by atoms with Crippen LogP contribution >= 0.6 is 15.9 Å². The Labute approximate surface area is 96.7 Å². The van der Waals surface area contributed by atoms with Gasteiger partial charge in [0.2, 0.25) is 5.91 Å². The molecule has 1 N–H and O–H groups in total. The predicted molar refractivity (Wildman–Crippen MR) is 59.3 cm³/mol. The Balaban J connectivity index is 1.91. The summed E-state index contributed by atoms with van der Waals surface area (Å²) in [6, 6.07) is 1.96. The number of carbonyl (C=O) groups excluding carboxylic acids is 1. The molecule has 0 radical (unpaired) electrons. The summed E-state index contributed by atoms with van der Waals surface area (Å²) in [6.07, 6.45) is 2.32. The van der Waals surface area contributed by atoms with Crippen molar-refractivity contribution in [2.24, 2.45) is 0 Å². The normalized spacial score (nSPS) is 18.6. The van der Waals surface area contributed by atoms with Crippen LogP contribution in [0.2, 0.25) is 0 Å². The van der Waals surface area contributed by atoms with E-state index in [4.69, 9.17) is 4.42 Å². The molecule has 0 aliphatic carbocycles. The number of hydrogen-bond donors (Lipinski definition) is 1. The molecular formula is C10H13BrN2O2. The Bertz CT molecular complexity index is 351. The van der Waals surface area contributed by atoms with Crippen LogP contribution in [-0.4, -0.2) is 30.4 Å². The summed E-state index contributed by atoms with van der Waals surface area (Å²) in [4.78, 5) is 13.4. The van der Waals surface area contributed by atoms with Crippen LogP contribution in [0, 0.1) is 0 Å². The minimum atomic E-state index is 0.144. The molecule has 1 aromatic rings. The molecule has 0 spiro atoms. The molecule has 2 rings (SSSR count). The van der Waals surface area contributed by atoms with E-state index in [0.717, 1.165) is 36.4 Å². The molecule has 1 amide bonds. The molecule has 15 heavy (non-hydrogen) atoms. The van der Waals surface area contributed by atoms with Crippen LogP contribution < -0.4 is 5.32 Å². The second-order valence-electron chi connectivity index (χ2n) is 3.64. The van der Waals surface area contributed by atoms with Crippen LogP contribution in [0.15, 0.2) is 21.4 Å². The van der Waals surface area contributed by atoms with Gasteiger partial charge in [-0.2, -0.15) is 0 Å². The number of carbonyl (C=O) groups is 1. The van der Waals surface area contributed by atoms with E-state index in [9.17, 15) is 4.79 Å². The number of furan rings is 1. The van der Waals surface area contributed by atoms with Crippen molar-refractivity contribution in [2.45, 2.75) is 13.0 Å². The first-order chi connectivity index (χ1) is 7.24. The lowest BCUT2D eigenvalue weighted by molar-refractivity contribution is -0.120. The zero-order valence-electron chi connectivity index (χ0n) is 8.33. The van der Waals surface area contributed by atoms with Gasteiger partial charge in [-0.25, -0.2) is 0 Å². The predicted octanol–water partition coefficient (Wildman–Crippen LogP) is 1.36. The van der Waals surface area contributed by atoms with Crippen molar-refractivity contribution >= 4 is 21.8 Å². The summed E-state index contributed by atoms with van der Waals surface area (Å²) < 4.78 is 5.92. The summed E-state index contributed by atoms with van der Waals surface area (Å²) in [5.41, 5.74) is 1.14. The number of nitrogens with zero attached hydrogens (tertiary/aromatic N) is 1. The molecular weight excluding hydrogens is 260 g/mol. The molecule has 1 saturated heterocycles. The largest absolute Gasteiger partial charge is 0.457 e. The molecule has 0 bridgehead atoms. The Hall–Kier alpha value is -0.810. The smallest absolute Gasteiger partial charge is 0.221 e. The van der Waals surface area contributed by atoms with E-state index < -0.39 is 0 Å². The lowest BCUT2D eigenvalue weighted by atomic mass is 10.3. The van der Waals surface area contributed by atoms with E-state index in [1.54, 1.807) is 6.26 Å². The minimum absolute atomic E-state index is 0.144. The van der Waals surface area contributed by atoms with Crippen molar-refractivity contribution in [3.05, 3.63) is 22.6 Å². The third-order valence-corrected chi connectivity index (χ3v) is 2.85. The highest BCUT2D eigenvalue weighted by atomic mass is 79.9. The zero-order chi connectivity index (χ0) is 10.7. The van der Waals surface area contributed by atoms with Gasteiger partial charge in [0.05, 0.1) is 6.26 Å².